The van der Waals surface area contributed by atoms with Gasteiger partial charge < -0.3 is 14.8 Å². The fourth-order valence-corrected chi connectivity index (χ4v) is 4.72. The average molecular weight is 418 g/mol. The zero-order valence-corrected chi connectivity index (χ0v) is 17.8. The third-order valence-corrected chi connectivity index (χ3v) is 6.46. The first-order chi connectivity index (χ1) is 15.1. The van der Waals surface area contributed by atoms with Gasteiger partial charge in [0.05, 0.1) is 5.39 Å². The summed E-state index contributed by atoms with van der Waals surface area (Å²) in [7, 11) is 0. The fourth-order valence-electron chi connectivity index (χ4n) is 4.72. The molecule has 31 heavy (non-hydrogen) atoms. The zero-order chi connectivity index (χ0) is 21.4. The van der Waals surface area contributed by atoms with Crippen LogP contribution in [0.2, 0.25) is 0 Å². The Morgan fingerprint density at radius 1 is 1.19 bits per heavy atom. The number of hydrogen-bond acceptors (Lipinski definition) is 5. The number of nitrogens with one attached hydrogen (secondary N) is 1. The fraction of sp³-hybridized carbons (Fsp3) is 0.417. The Balaban J connectivity index is 1.44. The minimum atomic E-state index is -0.317. The van der Waals surface area contributed by atoms with Crippen LogP contribution in [-0.2, 0) is 19.4 Å². The predicted octanol–water partition coefficient (Wildman–Crippen LogP) is 2.70. The second kappa shape index (κ2) is 8.13. The van der Waals surface area contributed by atoms with Gasteiger partial charge in [-0.2, -0.15) is 4.98 Å². The molecule has 0 spiro atoms. The number of nitrogens with zero attached hydrogens (tertiary/aromatic N) is 4. The maximum atomic E-state index is 13.1. The standard InChI is InChI=1S/C24H27N5O2/c1-2-28-15-20(23(31)26-18-10-9-16-7-3-4-8-17(16)13-18)21(30)19-14-25-24(27-22(19)28)29-11-5-6-12-29/h3-4,7-8,14-15,18H,2,5-6,9-13H2,1H3,(H,26,31). The van der Waals surface area contributed by atoms with Crippen LogP contribution in [0.3, 0.4) is 0 Å². The highest BCUT2D eigenvalue weighted by Crippen LogP contribution is 2.22. The first-order valence-electron chi connectivity index (χ1n) is 11.2. The molecule has 0 bridgehead atoms. The Hall–Kier alpha value is -3.22. The maximum Gasteiger partial charge on any atom is 0.257 e. The van der Waals surface area contributed by atoms with Crippen molar-refractivity contribution >= 4 is 22.9 Å². The van der Waals surface area contributed by atoms with Crippen LogP contribution in [0.4, 0.5) is 5.95 Å². The van der Waals surface area contributed by atoms with Gasteiger partial charge in [0.15, 0.2) is 0 Å². The van der Waals surface area contributed by atoms with E-state index in [1.165, 1.54) is 11.1 Å². The van der Waals surface area contributed by atoms with E-state index < -0.39 is 0 Å². The van der Waals surface area contributed by atoms with E-state index in [9.17, 15) is 9.59 Å². The van der Waals surface area contributed by atoms with Gasteiger partial charge in [-0.3, -0.25) is 9.59 Å². The Kier molecular flexibility index (Phi) is 5.18. The number of benzene rings is 1. The lowest BCUT2D eigenvalue weighted by atomic mass is 9.88. The van der Waals surface area contributed by atoms with Gasteiger partial charge in [-0.1, -0.05) is 24.3 Å². The highest BCUT2D eigenvalue weighted by atomic mass is 16.2. The lowest BCUT2D eigenvalue weighted by Crippen LogP contribution is -2.41. The number of aromatic nitrogens is 3. The molecule has 5 rings (SSSR count). The summed E-state index contributed by atoms with van der Waals surface area (Å²) in [6.45, 7) is 4.48. The number of pyridine rings is 1. The van der Waals surface area contributed by atoms with Crippen LogP contribution in [0.25, 0.3) is 11.0 Å². The van der Waals surface area contributed by atoms with Gasteiger partial charge in [0.2, 0.25) is 11.4 Å². The molecule has 160 valence electrons. The van der Waals surface area contributed by atoms with Crippen molar-refractivity contribution in [3.8, 4) is 0 Å². The van der Waals surface area contributed by atoms with Crippen LogP contribution < -0.4 is 15.6 Å². The van der Waals surface area contributed by atoms with Crippen LogP contribution in [-0.4, -0.2) is 39.6 Å². The Bertz CT molecular complexity index is 1200. The van der Waals surface area contributed by atoms with Crippen molar-refractivity contribution < 1.29 is 4.79 Å². The molecule has 1 atom stereocenters. The van der Waals surface area contributed by atoms with Gasteiger partial charge in [0.25, 0.3) is 5.91 Å². The lowest BCUT2D eigenvalue weighted by Gasteiger charge is -2.25. The topological polar surface area (TPSA) is 80.1 Å². The molecular weight excluding hydrogens is 390 g/mol. The number of carbonyl (C=O) groups is 1. The molecule has 2 aliphatic rings. The van der Waals surface area contributed by atoms with Crippen LogP contribution in [0.5, 0.6) is 0 Å². The van der Waals surface area contributed by atoms with Crippen LogP contribution in [0, 0.1) is 0 Å². The molecule has 0 radical (unpaired) electrons. The molecule has 7 nitrogen and oxygen atoms in total. The lowest BCUT2D eigenvalue weighted by molar-refractivity contribution is 0.0932. The smallest absolute Gasteiger partial charge is 0.257 e. The number of anilines is 1. The molecule has 2 aromatic heterocycles. The minimum Gasteiger partial charge on any atom is -0.349 e. The highest BCUT2D eigenvalue weighted by Gasteiger charge is 2.24. The summed E-state index contributed by atoms with van der Waals surface area (Å²) >= 11 is 0. The van der Waals surface area contributed by atoms with Crippen molar-refractivity contribution in [3.05, 3.63) is 63.6 Å². The van der Waals surface area contributed by atoms with E-state index in [0.29, 0.717) is 23.5 Å². The summed E-state index contributed by atoms with van der Waals surface area (Å²) in [5.41, 5.74) is 3.06. The molecule has 1 amide bonds. The van der Waals surface area contributed by atoms with E-state index in [1.54, 1.807) is 12.4 Å². The van der Waals surface area contributed by atoms with Crippen molar-refractivity contribution in [2.24, 2.45) is 0 Å². The molecule has 1 fully saturated rings. The normalized spacial score (nSPS) is 18.2. The first kappa shape index (κ1) is 19.7. The van der Waals surface area contributed by atoms with Gasteiger partial charge in [-0.05, 0) is 50.2 Å². The van der Waals surface area contributed by atoms with Gasteiger partial charge in [-0.25, -0.2) is 4.98 Å². The van der Waals surface area contributed by atoms with Crippen LogP contribution >= 0.6 is 0 Å². The highest BCUT2D eigenvalue weighted by molar-refractivity contribution is 5.97. The number of aryl methyl sites for hydroxylation is 2. The summed E-state index contributed by atoms with van der Waals surface area (Å²) < 4.78 is 1.88. The van der Waals surface area contributed by atoms with Gasteiger partial charge in [0.1, 0.15) is 11.2 Å². The number of carbonyl (C=O) groups excluding carboxylic acids is 1. The Morgan fingerprint density at radius 2 is 1.97 bits per heavy atom. The molecule has 1 saturated heterocycles. The summed E-state index contributed by atoms with van der Waals surface area (Å²) in [6, 6.07) is 8.37. The van der Waals surface area contributed by atoms with E-state index in [-0.39, 0.29) is 22.9 Å². The molecule has 3 aromatic rings. The maximum absolute atomic E-state index is 13.1. The van der Waals surface area contributed by atoms with E-state index in [0.717, 1.165) is 45.2 Å². The largest absolute Gasteiger partial charge is 0.349 e. The van der Waals surface area contributed by atoms with Crippen molar-refractivity contribution in [3.63, 3.8) is 0 Å². The quantitative estimate of drug-likeness (QED) is 0.706. The third-order valence-electron chi connectivity index (χ3n) is 6.46. The molecule has 3 heterocycles. The second-order valence-electron chi connectivity index (χ2n) is 8.44. The number of hydrogen-bond donors (Lipinski definition) is 1. The summed E-state index contributed by atoms with van der Waals surface area (Å²) in [4.78, 5) is 37.5. The van der Waals surface area contributed by atoms with Crippen LogP contribution in [0.15, 0.2) is 41.5 Å². The summed E-state index contributed by atoms with van der Waals surface area (Å²) in [5.74, 6) is 0.340. The monoisotopic (exact) mass is 417 g/mol. The molecule has 1 aliphatic heterocycles. The van der Waals surface area contributed by atoms with Gasteiger partial charge in [0, 0.05) is 38.1 Å². The van der Waals surface area contributed by atoms with E-state index in [4.69, 9.17) is 0 Å². The first-order valence-corrected chi connectivity index (χ1v) is 11.2. The van der Waals surface area contributed by atoms with Crippen molar-refractivity contribution in [2.75, 3.05) is 18.0 Å². The van der Waals surface area contributed by atoms with Gasteiger partial charge >= 0.3 is 0 Å². The molecule has 7 heteroatoms. The molecule has 1 unspecified atom stereocenters. The molecule has 1 N–H and O–H groups in total. The zero-order valence-electron chi connectivity index (χ0n) is 17.8. The Labute approximate surface area is 181 Å². The van der Waals surface area contributed by atoms with Crippen molar-refractivity contribution in [1.29, 1.82) is 0 Å². The summed E-state index contributed by atoms with van der Waals surface area (Å²) in [5, 5.41) is 3.48. The van der Waals surface area contributed by atoms with Crippen molar-refractivity contribution in [1.82, 2.24) is 19.9 Å². The van der Waals surface area contributed by atoms with E-state index in [1.807, 2.05) is 17.6 Å². The average Bonchev–Trinajstić information content (AvgIpc) is 3.34. The predicted molar refractivity (Wildman–Crippen MR) is 121 cm³/mol. The van der Waals surface area contributed by atoms with Gasteiger partial charge in [-0.15, -0.1) is 0 Å². The number of fused-ring (bicyclic) bond motifs is 2. The van der Waals surface area contributed by atoms with Crippen LogP contribution in [0.1, 0.15) is 47.7 Å². The summed E-state index contributed by atoms with van der Waals surface area (Å²) in [6.07, 6.45) is 8.10. The Morgan fingerprint density at radius 3 is 2.74 bits per heavy atom. The number of amides is 1. The van der Waals surface area contributed by atoms with Crippen molar-refractivity contribution in [2.45, 2.75) is 51.6 Å². The number of rotatable bonds is 4. The second-order valence-corrected chi connectivity index (χ2v) is 8.44. The molecular formula is C24H27N5O2. The van der Waals surface area contributed by atoms with E-state index >= 15 is 0 Å². The SMILES string of the molecule is CCn1cc(C(=O)NC2CCc3ccccc3C2)c(=O)c2cnc(N3CCCC3)nc21. The van der Waals surface area contributed by atoms with E-state index in [2.05, 4.69) is 38.4 Å². The third kappa shape index (κ3) is 3.69. The molecule has 1 aromatic carbocycles. The molecule has 1 aliphatic carbocycles. The molecule has 0 saturated carbocycles. The minimum absolute atomic E-state index is 0.0290.